The minimum Gasteiger partial charge on any atom is -0.339 e. The summed E-state index contributed by atoms with van der Waals surface area (Å²) in [4.78, 5) is 27.8. The number of halogens is 1. The number of rotatable bonds is 3. The number of hydrogen-bond donors (Lipinski definition) is 1. The van der Waals surface area contributed by atoms with Crippen LogP contribution in [-0.2, 0) is 0 Å². The Morgan fingerprint density at radius 1 is 1.25 bits per heavy atom. The molecule has 6 heteroatoms. The third-order valence-electron chi connectivity index (χ3n) is 4.28. The number of hydrogen-bond acceptors (Lipinski definition) is 3. The molecule has 24 heavy (non-hydrogen) atoms. The van der Waals surface area contributed by atoms with Crippen LogP contribution >= 0.6 is 33.9 Å². The van der Waals surface area contributed by atoms with Crippen LogP contribution in [0.1, 0.15) is 39.8 Å². The van der Waals surface area contributed by atoms with E-state index in [0.717, 1.165) is 29.5 Å². The highest BCUT2D eigenvalue weighted by atomic mass is 127. The lowest BCUT2D eigenvalue weighted by Crippen LogP contribution is -2.38. The molecule has 0 atom stereocenters. The molecule has 2 amide bonds. The lowest BCUT2D eigenvalue weighted by atomic mass is 9.98. The summed E-state index contributed by atoms with van der Waals surface area (Å²) in [5.74, 6) is 0.498. The van der Waals surface area contributed by atoms with Crippen LogP contribution in [0, 0.1) is 9.49 Å². The number of thiophene rings is 1. The van der Waals surface area contributed by atoms with Crippen LogP contribution in [0.4, 0.5) is 5.69 Å². The fraction of sp³-hybridized carbons (Fsp3) is 0.333. The van der Waals surface area contributed by atoms with E-state index in [1.165, 1.54) is 11.3 Å². The number of nitrogens with one attached hydrogen (secondary N) is 1. The number of anilines is 1. The number of likely N-dealkylation sites (tertiary alicyclic amines) is 1. The number of carbonyl (C=O) groups is 2. The molecule has 1 aliphatic rings. The van der Waals surface area contributed by atoms with Gasteiger partial charge in [0.25, 0.3) is 11.8 Å². The highest BCUT2D eigenvalue weighted by molar-refractivity contribution is 14.1. The van der Waals surface area contributed by atoms with Crippen LogP contribution in [-0.4, -0.2) is 29.8 Å². The molecule has 3 rings (SSSR count). The molecule has 1 aliphatic heterocycles. The van der Waals surface area contributed by atoms with Crippen molar-refractivity contribution in [2.24, 2.45) is 5.92 Å². The molecule has 1 aromatic carbocycles. The second kappa shape index (κ2) is 7.65. The first-order valence-corrected chi connectivity index (χ1v) is 9.94. The fourth-order valence-corrected chi connectivity index (χ4v) is 3.89. The smallest absolute Gasteiger partial charge is 0.265 e. The van der Waals surface area contributed by atoms with Gasteiger partial charge in [0.1, 0.15) is 0 Å². The molecule has 0 bridgehead atoms. The SMILES string of the molecule is CC1CCN(C(=O)c2cc(I)ccc2NC(=O)c2cccs2)CC1. The zero-order chi connectivity index (χ0) is 17.1. The van der Waals surface area contributed by atoms with E-state index >= 15 is 0 Å². The molecule has 2 heterocycles. The molecule has 4 nitrogen and oxygen atoms in total. The molecule has 1 fully saturated rings. The predicted molar refractivity (Wildman–Crippen MR) is 106 cm³/mol. The van der Waals surface area contributed by atoms with Gasteiger partial charge in [-0.2, -0.15) is 0 Å². The van der Waals surface area contributed by atoms with Gasteiger partial charge in [0, 0.05) is 16.7 Å². The zero-order valence-corrected chi connectivity index (χ0v) is 16.4. The van der Waals surface area contributed by atoms with Crippen LogP contribution < -0.4 is 5.32 Å². The average molecular weight is 454 g/mol. The molecule has 2 aromatic rings. The van der Waals surface area contributed by atoms with Crippen molar-refractivity contribution in [2.45, 2.75) is 19.8 Å². The Hall–Kier alpha value is -1.41. The second-order valence-electron chi connectivity index (χ2n) is 6.10. The predicted octanol–water partition coefficient (Wildman–Crippen LogP) is 4.48. The molecule has 0 radical (unpaired) electrons. The quantitative estimate of drug-likeness (QED) is 0.696. The first-order chi connectivity index (χ1) is 11.5. The van der Waals surface area contributed by atoms with E-state index in [0.29, 0.717) is 22.0 Å². The van der Waals surface area contributed by atoms with Crippen molar-refractivity contribution in [3.8, 4) is 0 Å². The molecule has 1 aromatic heterocycles. The normalized spacial score (nSPS) is 15.3. The highest BCUT2D eigenvalue weighted by Gasteiger charge is 2.24. The summed E-state index contributed by atoms with van der Waals surface area (Å²) >= 11 is 3.58. The molecule has 126 valence electrons. The van der Waals surface area contributed by atoms with Gasteiger partial charge in [-0.15, -0.1) is 11.3 Å². The summed E-state index contributed by atoms with van der Waals surface area (Å²) in [6.45, 7) is 3.79. The van der Waals surface area contributed by atoms with Gasteiger partial charge >= 0.3 is 0 Å². The summed E-state index contributed by atoms with van der Waals surface area (Å²) in [6, 6.07) is 9.19. The van der Waals surface area contributed by atoms with Gasteiger partial charge < -0.3 is 10.2 Å². The monoisotopic (exact) mass is 454 g/mol. The first-order valence-electron chi connectivity index (χ1n) is 7.98. The van der Waals surface area contributed by atoms with Gasteiger partial charge in [-0.3, -0.25) is 9.59 Å². The average Bonchev–Trinajstić information content (AvgIpc) is 3.11. The Balaban J connectivity index is 1.83. The van der Waals surface area contributed by atoms with Gasteiger partial charge in [-0.1, -0.05) is 13.0 Å². The minimum atomic E-state index is -0.174. The number of piperidine rings is 1. The Labute approximate surface area is 159 Å². The van der Waals surface area contributed by atoms with Crippen molar-refractivity contribution in [1.82, 2.24) is 4.90 Å². The lowest BCUT2D eigenvalue weighted by molar-refractivity contribution is 0.0698. The standard InChI is InChI=1S/C18H19IN2O2S/c1-12-6-8-21(9-7-12)18(23)14-11-13(19)4-5-15(14)20-17(22)16-3-2-10-24-16/h2-5,10-12H,6-9H2,1H3,(H,20,22). The summed E-state index contributed by atoms with van der Waals surface area (Å²) < 4.78 is 0.982. The molecule has 0 saturated carbocycles. The first kappa shape index (κ1) is 17.4. The maximum atomic E-state index is 12.9. The van der Waals surface area contributed by atoms with E-state index in [1.54, 1.807) is 6.07 Å². The van der Waals surface area contributed by atoms with E-state index in [-0.39, 0.29) is 11.8 Å². The van der Waals surface area contributed by atoms with Gasteiger partial charge in [-0.05, 0) is 71.0 Å². The van der Waals surface area contributed by atoms with Crippen molar-refractivity contribution in [3.63, 3.8) is 0 Å². The number of carbonyl (C=O) groups excluding carboxylic acids is 2. The van der Waals surface area contributed by atoms with E-state index in [9.17, 15) is 9.59 Å². The number of benzene rings is 1. The molecule has 0 unspecified atom stereocenters. The Kier molecular flexibility index (Phi) is 5.55. The zero-order valence-electron chi connectivity index (χ0n) is 13.4. The molecular formula is C18H19IN2O2S. The Morgan fingerprint density at radius 3 is 2.67 bits per heavy atom. The topological polar surface area (TPSA) is 49.4 Å². The van der Waals surface area contributed by atoms with Crippen molar-refractivity contribution < 1.29 is 9.59 Å². The van der Waals surface area contributed by atoms with E-state index in [2.05, 4.69) is 34.8 Å². The summed E-state index contributed by atoms with van der Waals surface area (Å²) in [7, 11) is 0. The third kappa shape index (κ3) is 3.97. The maximum Gasteiger partial charge on any atom is 0.265 e. The van der Waals surface area contributed by atoms with Crippen molar-refractivity contribution >= 4 is 51.4 Å². The molecule has 1 saturated heterocycles. The molecular weight excluding hydrogens is 435 g/mol. The maximum absolute atomic E-state index is 12.9. The van der Waals surface area contributed by atoms with Crippen LogP contribution in [0.2, 0.25) is 0 Å². The van der Waals surface area contributed by atoms with Crippen LogP contribution in [0.5, 0.6) is 0 Å². The second-order valence-corrected chi connectivity index (χ2v) is 8.29. The molecule has 1 N–H and O–H groups in total. The van der Waals surface area contributed by atoms with E-state index in [1.807, 2.05) is 34.5 Å². The highest BCUT2D eigenvalue weighted by Crippen LogP contribution is 2.25. The summed E-state index contributed by atoms with van der Waals surface area (Å²) in [6.07, 6.45) is 2.07. The van der Waals surface area contributed by atoms with Gasteiger partial charge in [0.15, 0.2) is 0 Å². The van der Waals surface area contributed by atoms with Crippen molar-refractivity contribution in [1.29, 1.82) is 0 Å². The van der Waals surface area contributed by atoms with E-state index in [4.69, 9.17) is 0 Å². The molecule has 0 spiro atoms. The van der Waals surface area contributed by atoms with Gasteiger partial charge in [0.05, 0.1) is 16.1 Å². The van der Waals surface area contributed by atoms with Gasteiger partial charge in [0.2, 0.25) is 0 Å². The van der Waals surface area contributed by atoms with Crippen LogP contribution in [0.15, 0.2) is 35.7 Å². The number of nitrogens with zero attached hydrogens (tertiary/aromatic N) is 1. The fourth-order valence-electron chi connectivity index (χ4n) is 2.78. The Bertz CT molecular complexity index is 737. The summed E-state index contributed by atoms with van der Waals surface area (Å²) in [5, 5.41) is 4.75. The third-order valence-corrected chi connectivity index (χ3v) is 5.82. The van der Waals surface area contributed by atoms with Crippen LogP contribution in [0.3, 0.4) is 0 Å². The van der Waals surface area contributed by atoms with Crippen molar-refractivity contribution in [2.75, 3.05) is 18.4 Å². The van der Waals surface area contributed by atoms with Crippen LogP contribution in [0.25, 0.3) is 0 Å². The largest absolute Gasteiger partial charge is 0.339 e. The minimum absolute atomic E-state index is 0.00176. The van der Waals surface area contributed by atoms with Gasteiger partial charge in [-0.25, -0.2) is 0 Å². The van der Waals surface area contributed by atoms with E-state index < -0.39 is 0 Å². The molecule has 0 aliphatic carbocycles. The lowest BCUT2D eigenvalue weighted by Gasteiger charge is -2.31. The Morgan fingerprint density at radius 2 is 2.00 bits per heavy atom. The number of amides is 2. The summed E-state index contributed by atoms with van der Waals surface area (Å²) in [5.41, 5.74) is 1.15. The van der Waals surface area contributed by atoms with Crippen molar-refractivity contribution in [3.05, 3.63) is 49.7 Å².